The molecule has 7 heteroatoms. The monoisotopic (exact) mass is 484 g/mol. The molecule has 3 aromatic rings. The fourth-order valence-electron chi connectivity index (χ4n) is 5.15. The largest absolute Gasteiger partial charge is 0.496 e. The summed E-state index contributed by atoms with van der Waals surface area (Å²) in [5.74, 6) is 0.563. The second kappa shape index (κ2) is 11.2. The number of hydrogen-bond acceptors (Lipinski definition) is 4. The summed E-state index contributed by atoms with van der Waals surface area (Å²) in [5.41, 5.74) is 2.06. The van der Waals surface area contributed by atoms with E-state index in [0.717, 1.165) is 23.3 Å². The maximum absolute atomic E-state index is 13.4. The van der Waals surface area contributed by atoms with Crippen LogP contribution in [0.15, 0.2) is 78.9 Å². The molecule has 0 amide bonds. The lowest BCUT2D eigenvalue weighted by Crippen LogP contribution is -2.46. The topological polar surface area (TPSA) is 53.5 Å². The molecular formula is C28H31F3N2O2. The standard InChI is InChI=1S/C28H31F3N2O2/c1-35-24-13-12-23(28(29,30)31)16-22(24)18-32-26-21(14-15-34)17-33-27(26)25(19-8-4-2-5-9-19)20-10-6-3-7-11-20/h2-13,16,21,25-27,32-34H,14-15,17-18H2,1H3. The third kappa shape index (κ3) is 5.86. The SMILES string of the molecule is COc1ccc(C(F)(F)F)cc1CNC1C(CCO)CNC1C(c1ccccc1)c1ccccc1. The summed E-state index contributed by atoms with van der Waals surface area (Å²) in [4.78, 5) is 0. The van der Waals surface area contributed by atoms with Gasteiger partial charge in [0.15, 0.2) is 0 Å². The first-order valence-electron chi connectivity index (χ1n) is 11.8. The number of hydrogen-bond donors (Lipinski definition) is 3. The van der Waals surface area contributed by atoms with Gasteiger partial charge in [0.05, 0.1) is 12.7 Å². The fourth-order valence-corrected chi connectivity index (χ4v) is 5.15. The highest BCUT2D eigenvalue weighted by Gasteiger charge is 2.41. The third-order valence-electron chi connectivity index (χ3n) is 6.82. The summed E-state index contributed by atoms with van der Waals surface area (Å²) < 4.78 is 45.4. The van der Waals surface area contributed by atoms with E-state index in [1.54, 1.807) is 0 Å². The zero-order valence-corrected chi connectivity index (χ0v) is 19.6. The number of rotatable bonds is 9. The van der Waals surface area contributed by atoms with Crippen LogP contribution in [-0.2, 0) is 12.7 Å². The van der Waals surface area contributed by atoms with E-state index in [0.29, 0.717) is 24.3 Å². The van der Waals surface area contributed by atoms with Crippen molar-refractivity contribution in [3.8, 4) is 5.75 Å². The lowest BCUT2D eigenvalue weighted by molar-refractivity contribution is -0.137. The van der Waals surface area contributed by atoms with Crippen molar-refractivity contribution in [3.05, 3.63) is 101 Å². The molecule has 0 bridgehead atoms. The number of aliphatic hydroxyl groups is 1. The first-order valence-corrected chi connectivity index (χ1v) is 11.8. The van der Waals surface area contributed by atoms with Crippen LogP contribution in [0.25, 0.3) is 0 Å². The predicted molar refractivity (Wildman–Crippen MR) is 130 cm³/mol. The van der Waals surface area contributed by atoms with Crippen LogP contribution in [0.3, 0.4) is 0 Å². The van der Waals surface area contributed by atoms with Crippen LogP contribution in [0.4, 0.5) is 13.2 Å². The summed E-state index contributed by atoms with van der Waals surface area (Å²) in [6, 6.07) is 23.9. The van der Waals surface area contributed by atoms with Gasteiger partial charge in [0, 0.05) is 36.7 Å². The molecule has 1 fully saturated rings. The lowest BCUT2D eigenvalue weighted by atomic mass is 9.80. The van der Waals surface area contributed by atoms with Crippen molar-refractivity contribution in [3.63, 3.8) is 0 Å². The van der Waals surface area contributed by atoms with Crippen molar-refractivity contribution in [2.45, 2.75) is 37.1 Å². The van der Waals surface area contributed by atoms with Gasteiger partial charge in [-0.25, -0.2) is 0 Å². The lowest BCUT2D eigenvalue weighted by Gasteiger charge is -2.32. The molecule has 1 aliphatic rings. The molecule has 0 spiro atoms. The van der Waals surface area contributed by atoms with Crippen molar-refractivity contribution < 1.29 is 23.0 Å². The van der Waals surface area contributed by atoms with Crippen molar-refractivity contribution in [1.29, 1.82) is 0 Å². The Morgan fingerprint density at radius 1 is 1.00 bits per heavy atom. The van der Waals surface area contributed by atoms with Gasteiger partial charge in [0.25, 0.3) is 0 Å². The van der Waals surface area contributed by atoms with Gasteiger partial charge < -0.3 is 20.5 Å². The van der Waals surface area contributed by atoms with Crippen LogP contribution in [-0.4, -0.2) is 37.5 Å². The molecule has 0 saturated carbocycles. The molecule has 3 atom stereocenters. The molecule has 1 saturated heterocycles. The predicted octanol–water partition coefficient (Wildman–Crippen LogP) is 4.97. The number of aliphatic hydroxyl groups excluding tert-OH is 1. The van der Waals surface area contributed by atoms with Gasteiger partial charge in [-0.05, 0) is 48.2 Å². The Hall–Kier alpha value is -2.87. The van der Waals surface area contributed by atoms with E-state index in [1.807, 2.05) is 36.4 Å². The van der Waals surface area contributed by atoms with Crippen molar-refractivity contribution in [1.82, 2.24) is 10.6 Å². The number of ether oxygens (including phenoxy) is 1. The zero-order valence-electron chi connectivity index (χ0n) is 19.6. The molecule has 1 aliphatic heterocycles. The average Bonchev–Trinajstić information content (AvgIpc) is 3.25. The maximum atomic E-state index is 13.4. The Morgan fingerprint density at radius 3 is 2.17 bits per heavy atom. The van der Waals surface area contributed by atoms with Crippen molar-refractivity contribution in [2.24, 2.45) is 5.92 Å². The molecule has 3 unspecified atom stereocenters. The highest BCUT2D eigenvalue weighted by Crippen LogP contribution is 2.36. The van der Waals surface area contributed by atoms with Gasteiger partial charge in [-0.1, -0.05) is 60.7 Å². The summed E-state index contributed by atoms with van der Waals surface area (Å²) in [7, 11) is 1.46. The van der Waals surface area contributed by atoms with E-state index in [2.05, 4.69) is 34.9 Å². The van der Waals surface area contributed by atoms with Crippen LogP contribution < -0.4 is 15.4 Å². The fraction of sp³-hybridized carbons (Fsp3) is 0.357. The molecule has 0 aromatic heterocycles. The van der Waals surface area contributed by atoms with Gasteiger partial charge in [-0.3, -0.25) is 0 Å². The molecule has 186 valence electrons. The first-order chi connectivity index (χ1) is 16.9. The van der Waals surface area contributed by atoms with E-state index in [-0.39, 0.29) is 37.1 Å². The second-order valence-electron chi connectivity index (χ2n) is 8.94. The second-order valence-corrected chi connectivity index (χ2v) is 8.94. The normalized spacial score (nSPS) is 20.3. The highest BCUT2D eigenvalue weighted by atomic mass is 19.4. The van der Waals surface area contributed by atoms with Gasteiger partial charge in [-0.15, -0.1) is 0 Å². The van der Waals surface area contributed by atoms with Crippen molar-refractivity contribution in [2.75, 3.05) is 20.3 Å². The molecule has 4 rings (SSSR count). The molecule has 0 radical (unpaired) electrons. The van der Waals surface area contributed by atoms with Crippen LogP contribution in [0.5, 0.6) is 5.75 Å². The minimum absolute atomic E-state index is 0.0202. The van der Waals surface area contributed by atoms with E-state index >= 15 is 0 Å². The van der Waals surface area contributed by atoms with Crippen molar-refractivity contribution >= 4 is 0 Å². The first kappa shape index (κ1) is 25.2. The Kier molecular flexibility index (Phi) is 8.11. The summed E-state index contributed by atoms with van der Waals surface area (Å²) in [6.07, 6.45) is -3.83. The molecule has 35 heavy (non-hydrogen) atoms. The van der Waals surface area contributed by atoms with Crippen LogP contribution >= 0.6 is 0 Å². The zero-order chi connectivity index (χ0) is 24.8. The minimum Gasteiger partial charge on any atom is -0.496 e. The van der Waals surface area contributed by atoms with Gasteiger partial charge in [-0.2, -0.15) is 13.2 Å². The Morgan fingerprint density at radius 2 is 1.63 bits per heavy atom. The van der Waals surface area contributed by atoms with Crippen LogP contribution in [0.1, 0.15) is 34.6 Å². The molecule has 4 nitrogen and oxygen atoms in total. The average molecular weight is 485 g/mol. The number of halogens is 3. The quantitative estimate of drug-likeness (QED) is 0.401. The maximum Gasteiger partial charge on any atom is 0.416 e. The number of alkyl halides is 3. The summed E-state index contributed by atoms with van der Waals surface area (Å²) in [6.45, 7) is 0.971. The smallest absolute Gasteiger partial charge is 0.416 e. The molecule has 3 N–H and O–H groups in total. The van der Waals surface area contributed by atoms with E-state index in [1.165, 1.54) is 13.2 Å². The third-order valence-corrected chi connectivity index (χ3v) is 6.82. The number of benzene rings is 3. The van der Waals surface area contributed by atoms with E-state index in [9.17, 15) is 18.3 Å². The Labute approximate surface area is 204 Å². The number of nitrogens with one attached hydrogen (secondary N) is 2. The van der Waals surface area contributed by atoms with Crippen LogP contribution in [0, 0.1) is 5.92 Å². The molecular weight excluding hydrogens is 453 g/mol. The van der Waals surface area contributed by atoms with Gasteiger partial charge >= 0.3 is 6.18 Å². The van der Waals surface area contributed by atoms with Crippen LogP contribution in [0.2, 0.25) is 0 Å². The summed E-state index contributed by atoms with van der Waals surface area (Å²) in [5, 5.41) is 16.9. The number of methoxy groups -OCH3 is 1. The molecule has 0 aliphatic carbocycles. The minimum atomic E-state index is -4.43. The summed E-state index contributed by atoms with van der Waals surface area (Å²) >= 11 is 0. The van der Waals surface area contributed by atoms with Gasteiger partial charge in [0.2, 0.25) is 0 Å². The molecule has 1 heterocycles. The van der Waals surface area contributed by atoms with E-state index < -0.39 is 11.7 Å². The highest BCUT2D eigenvalue weighted by molar-refractivity contribution is 5.39. The Bertz CT molecular complexity index is 1040. The Balaban J connectivity index is 1.66. The van der Waals surface area contributed by atoms with Gasteiger partial charge in [0.1, 0.15) is 5.75 Å². The van der Waals surface area contributed by atoms with E-state index in [4.69, 9.17) is 4.74 Å². The molecule has 3 aromatic carbocycles.